The molecule has 0 saturated heterocycles. The highest BCUT2D eigenvalue weighted by atomic mass is 16.6. The summed E-state index contributed by atoms with van der Waals surface area (Å²) in [7, 11) is 0. The molecule has 2 aromatic rings. The van der Waals surface area contributed by atoms with Gasteiger partial charge < -0.3 is 4.74 Å². The number of hydrogen-bond acceptors (Lipinski definition) is 2. The lowest BCUT2D eigenvalue weighted by molar-refractivity contribution is -0.152. The Bertz CT molecular complexity index is 590. The first-order chi connectivity index (χ1) is 10.6. The van der Waals surface area contributed by atoms with Gasteiger partial charge in [-0.25, -0.2) is 4.79 Å². The summed E-state index contributed by atoms with van der Waals surface area (Å²) in [5.41, 5.74) is 1.61. The maximum absolute atomic E-state index is 12.3. The largest absolute Gasteiger partial charge is 0.446 e. The van der Waals surface area contributed by atoms with Crippen LogP contribution in [0.4, 0.5) is 0 Å². The molecule has 0 heterocycles. The smallest absolute Gasteiger partial charge is 0.334 e. The van der Waals surface area contributed by atoms with Gasteiger partial charge in [-0.2, -0.15) is 0 Å². The van der Waals surface area contributed by atoms with Crippen molar-refractivity contribution in [3.63, 3.8) is 0 Å². The van der Waals surface area contributed by atoms with Gasteiger partial charge in [0.15, 0.2) is 5.60 Å². The van der Waals surface area contributed by atoms with Gasteiger partial charge in [-0.1, -0.05) is 80.6 Å². The predicted octanol–water partition coefficient (Wildman–Crippen LogP) is 4.85. The molecule has 0 radical (unpaired) electrons. The Labute approximate surface area is 132 Å². The summed E-state index contributed by atoms with van der Waals surface area (Å²) in [5.74, 6) is -0.360. The number of carbonyl (C=O) groups is 1. The second-order valence-corrected chi connectivity index (χ2v) is 5.48. The van der Waals surface area contributed by atoms with E-state index < -0.39 is 5.60 Å². The van der Waals surface area contributed by atoms with Crippen LogP contribution in [0.5, 0.6) is 0 Å². The molecule has 0 bridgehead atoms. The predicted molar refractivity (Wildman–Crippen MR) is 89.5 cm³/mol. The normalized spacial score (nSPS) is 11.0. The summed E-state index contributed by atoms with van der Waals surface area (Å²) in [5, 5.41) is 0. The number of esters is 1. The maximum Gasteiger partial charge on any atom is 0.334 e. The molecule has 0 atom stereocenters. The van der Waals surface area contributed by atoms with Crippen molar-refractivity contribution in [2.75, 3.05) is 0 Å². The van der Waals surface area contributed by atoms with Crippen molar-refractivity contribution in [3.8, 4) is 0 Å². The van der Waals surface area contributed by atoms with E-state index in [2.05, 4.69) is 13.5 Å². The molecule has 114 valence electrons. The van der Waals surface area contributed by atoms with Crippen LogP contribution in [0.15, 0.2) is 72.8 Å². The van der Waals surface area contributed by atoms with Crippen LogP contribution in [0, 0.1) is 0 Å². The summed E-state index contributed by atoms with van der Waals surface area (Å²) in [6.45, 7) is 7.48. The zero-order valence-corrected chi connectivity index (χ0v) is 13.2. The van der Waals surface area contributed by atoms with Gasteiger partial charge >= 0.3 is 5.97 Å². The second-order valence-electron chi connectivity index (χ2n) is 5.48. The summed E-state index contributed by atoms with van der Waals surface area (Å²) < 4.78 is 5.97. The fraction of sp³-hybridized carbons (Fsp3) is 0.250. The Balaban J connectivity index is 2.59. The average Bonchev–Trinajstić information content (AvgIpc) is 2.55. The minimum Gasteiger partial charge on any atom is -0.446 e. The molecule has 0 aliphatic rings. The molecule has 0 unspecified atom stereocenters. The highest BCUT2D eigenvalue weighted by Gasteiger charge is 2.37. The molecule has 0 spiro atoms. The SMILES string of the molecule is C=C(C)C(=O)OC(CCC)(c1ccccc1)c1ccccc1. The van der Waals surface area contributed by atoms with E-state index >= 15 is 0 Å². The first-order valence-electron chi connectivity index (χ1n) is 7.60. The number of rotatable bonds is 6. The molecule has 0 saturated carbocycles. The molecular weight excluding hydrogens is 272 g/mol. The van der Waals surface area contributed by atoms with E-state index in [0.29, 0.717) is 5.57 Å². The molecule has 0 amide bonds. The molecule has 2 heteroatoms. The lowest BCUT2D eigenvalue weighted by Crippen LogP contribution is -2.34. The van der Waals surface area contributed by atoms with Crippen LogP contribution in [0.25, 0.3) is 0 Å². The van der Waals surface area contributed by atoms with Crippen molar-refractivity contribution >= 4 is 5.97 Å². The standard InChI is InChI=1S/C20H22O2/c1-4-15-20(22-19(21)16(2)3,17-11-7-5-8-12-17)18-13-9-6-10-14-18/h5-14H,2,4,15H2,1,3H3. The monoisotopic (exact) mass is 294 g/mol. The number of ether oxygens (including phenoxy) is 1. The van der Waals surface area contributed by atoms with Crippen molar-refractivity contribution in [2.24, 2.45) is 0 Å². The quantitative estimate of drug-likeness (QED) is 0.562. The molecule has 0 N–H and O–H groups in total. The number of benzene rings is 2. The van der Waals surface area contributed by atoms with E-state index in [1.165, 1.54) is 0 Å². The van der Waals surface area contributed by atoms with Crippen molar-refractivity contribution in [1.29, 1.82) is 0 Å². The summed E-state index contributed by atoms with van der Waals surface area (Å²) in [4.78, 5) is 12.3. The lowest BCUT2D eigenvalue weighted by Gasteiger charge is -2.34. The highest BCUT2D eigenvalue weighted by molar-refractivity contribution is 5.87. The molecule has 0 aliphatic heterocycles. The fourth-order valence-electron chi connectivity index (χ4n) is 2.64. The van der Waals surface area contributed by atoms with E-state index in [4.69, 9.17) is 4.74 Å². The van der Waals surface area contributed by atoms with Gasteiger partial charge in [0.1, 0.15) is 0 Å². The van der Waals surface area contributed by atoms with E-state index in [-0.39, 0.29) is 5.97 Å². The van der Waals surface area contributed by atoms with Crippen molar-refractivity contribution in [2.45, 2.75) is 32.3 Å². The minimum atomic E-state index is -0.771. The third-order valence-electron chi connectivity index (χ3n) is 3.70. The molecule has 0 fully saturated rings. The molecule has 22 heavy (non-hydrogen) atoms. The van der Waals surface area contributed by atoms with Gasteiger partial charge in [0, 0.05) is 16.7 Å². The van der Waals surface area contributed by atoms with Crippen molar-refractivity contribution in [1.82, 2.24) is 0 Å². The van der Waals surface area contributed by atoms with Crippen molar-refractivity contribution in [3.05, 3.63) is 83.9 Å². The van der Waals surface area contributed by atoms with Crippen molar-refractivity contribution < 1.29 is 9.53 Å². The summed E-state index contributed by atoms with van der Waals surface area (Å²) in [6, 6.07) is 19.8. The third-order valence-corrected chi connectivity index (χ3v) is 3.70. The minimum absolute atomic E-state index is 0.360. The number of hydrogen-bond donors (Lipinski definition) is 0. The van der Waals surface area contributed by atoms with Crippen LogP contribution in [-0.4, -0.2) is 5.97 Å². The van der Waals surface area contributed by atoms with Gasteiger partial charge in [0.2, 0.25) is 0 Å². The van der Waals surface area contributed by atoms with Gasteiger partial charge in [0.05, 0.1) is 0 Å². The van der Waals surface area contributed by atoms with Crippen LogP contribution in [0.3, 0.4) is 0 Å². The first kappa shape index (κ1) is 16.0. The second kappa shape index (κ2) is 7.08. The zero-order chi connectivity index (χ0) is 16.0. The van der Waals surface area contributed by atoms with Gasteiger partial charge in [0.25, 0.3) is 0 Å². The zero-order valence-electron chi connectivity index (χ0n) is 13.2. The van der Waals surface area contributed by atoms with Crippen LogP contribution < -0.4 is 0 Å². The van der Waals surface area contributed by atoms with Crippen LogP contribution in [-0.2, 0) is 15.1 Å². The van der Waals surface area contributed by atoms with Crippen LogP contribution in [0.1, 0.15) is 37.8 Å². The molecule has 2 aromatic carbocycles. The topological polar surface area (TPSA) is 26.3 Å². The van der Waals surface area contributed by atoms with E-state index in [9.17, 15) is 4.79 Å². The van der Waals surface area contributed by atoms with E-state index in [0.717, 1.165) is 24.0 Å². The molecule has 0 aromatic heterocycles. The maximum atomic E-state index is 12.3. The Morgan fingerprint density at radius 1 is 1.00 bits per heavy atom. The first-order valence-corrected chi connectivity index (χ1v) is 7.60. The Morgan fingerprint density at radius 2 is 1.45 bits per heavy atom. The fourth-order valence-corrected chi connectivity index (χ4v) is 2.64. The van der Waals surface area contributed by atoms with E-state index in [1.807, 2.05) is 60.7 Å². The molecular formula is C20H22O2. The third kappa shape index (κ3) is 3.28. The van der Waals surface area contributed by atoms with E-state index in [1.54, 1.807) is 6.92 Å². The van der Waals surface area contributed by atoms with Gasteiger partial charge in [-0.15, -0.1) is 0 Å². The molecule has 2 nitrogen and oxygen atoms in total. The van der Waals surface area contributed by atoms with Crippen LogP contribution in [0.2, 0.25) is 0 Å². The summed E-state index contributed by atoms with van der Waals surface area (Å²) in [6.07, 6.45) is 1.62. The average molecular weight is 294 g/mol. The number of carbonyl (C=O) groups excluding carboxylic acids is 1. The summed E-state index contributed by atoms with van der Waals surface area (Å²) >= 11 is 0. The van der Waals surface area contributed by atoms with Gasteiger partial charge in [-0.3, -0.25) is 0 Å². The Kier molecular flexibility index (Phi) is 5.16. The Hall–Kier alpha value is -2.35. The molecule has 2 rings (SSSR count). The van der Waals surface area contributed by atoms with Crippen LogP contribution >= 0.6 is 0 Å². The Morgan fingerprint density at radius 3 is 1.82 bits per heavy atom. The van der Waals surface area contributed by atoms with Gasteiger partial charge in [-0.05, 0) is 13.3 Å². The molecule has 0 aliphatic carbocycles. The highest BCUT2D eigenvalue weighted by Crippen LogP contribution is 2.38. The lowest BCUT2D eigenvalue weighted by atomic mass is 9.82.